The van der Waals surface area contributed by atoms with Crippen LogP contribution in [0.5, 0.6) is 5.75 Å². The number of esters is 1. The second-order valence-corrected chi connectivity index (χ2v) is 6.45. The summed E-state index contributed by atoms with van der Waals surface area (Å²) in [5, 5.41) is -0.230. The van der Waals surface area contributed by atoms with E-state index in [1.165, 1.54) is 7.11 Å². The van der Waals surface area contributed by atoms with Crippen LogP contribution in [0.1, 0.15) is 17.3 Å². The molecule has 3 aromatic rings. The van der Waals surface area contributed by atoms with Gasteiger partial charge in [-0.1, -0.05) is 0 Å². The fourth-order valence-electron chi connectivity index (χ4n) is 2.81. The van der Waals surface area contributed by atoms with E-state index in [0.29, 0.717) is 6.07 Å². The molecule has 1 heterocycles. The van der Waals surface area contributed by atoms with Gasteiger partial charge in [-0.3, -0.25) is 4.79 Å². The number of benzene rings is 2. The van der Waals surface area contributed by atoms with E-state index >= 15 is 0 Å². The standard InChI is InChI=1S/C19H13BrF3NO4/c1-3-28-19(26)11-8-24(14-5-4-9(21)6-12(14)22)16-10(17(11)25)7-13(23)15(20)18(16)27-2/h4-8H,3H2,1-2H3. The molecule has 0 saturated carbocycles. The first-order valence-corrected chi connectivity index (χ1v) is 8.83. The van der Waals surface area contributed by atoms with Gasteiger partial charge in [-0.2, -0.15) is 0 Å². The number of carbonyl (C=O) groups excluding carboxylic acids is 1. The molecule has 3 rings (SSSR count). The van der Waals surface area contributed by atoms with Crippen LogP contribution in [0.25, 0.3) is 16.6 Å². The van der Waals surface area contributed by atoms with Gasteiger partial charge in [0.05, 0.1) is 29.3 Å². The lowest BCUT2D eigenvalue weighted by Gasteiger charge is -2.17. The van der Waals surface area contributed by atoms with Crippen LogP contribution in [-0.4, -0.2) is 24.3 Å². The Morgan fingerprint density at radius 2 is 1.89 bits per heavy atom. The molecule has 0 N–H and O–H groups in total. The van der Waals surface area contributed by atoms with Gasteiger partial charge < -0.3 is 14.0 Å². The molecule has 5 nitrogen and oxygen atoms in total. The highest BCUT2D eigenvalue weighted by Gasteiger charge is 2.24. The number of rotatable bonds is 4. The van der Waals surface area contributed by atoms with Gasteiger partial charge in [0.1, 0.15) is 28.5 Å². The first-order valence-electron chi connectivity index (χ1n) is 8.04. The maximum Gasteiger partial charge on any atom is 0.343 e. The van der Waals surface area contributed by atoms with Gasteiger partial charge in [-0.15, -0.1) is 0 Å². The van der Waals surface area contributed by atoms with Gasteiger partial charge in [0.2, 0.25) is 5.43 Å². The molecule has 2 aromatic carbocycles. The molecule has 0 aliphatic carbocycles. The maximum absolute atomic E-state index is 14.5. The fraction of sp³-hybridized carbons (Fsp3) is 0.158. The average Bonchev–Trinajstić information content (AvgIpc) is 2.64. The number of halogens is 4. The normalized spacial score (nSPS) is 10.9. The van der Waals surface area contributed by atoms with Crippen LogP contribution < -0.4 is 10.2 Å². The molecule has 28 heavy (non-hydrogen) atoms. The number of pyridine rings is 1. The van der Waals surface area contributed by atoms with E-state index in [0.717, 1.165) is 29.0 Å². The van der Waals surface area contributed by atoms with Gasteiger partial charge in [-0.25, -0.2) is 18.0 Å². The summed E-state index contributed by atoms with van der Waals surface area (Å²) in [7, 11) is 1.24. The van der Waals surface area contributed by atoms with Gasteiger partial charge in [0.15, 0.2) is 5.75 Å². The Morgan fingerprint density at radius 3 is 2.50 bits per heavy atom. The van der Waals surface area contributed by atoms with E-state index in [2.05, 4.69) is 15.9 Å². The molecule has 0 aliphatic heterocycles. The Labute approximate surface area is 165 Å². The van der Waals surface area contributed by atoms with Crippen molar-refractivity contribution in [2.24, 2.45) is 0 Å². The third kappa shape index (κ3) is 3.26. The van der Waals surface area contributed by atoms with Crippen LogP contribution in [-0.2, 0) is 4.74 Å². The molecule has 0 atom stereocenters. The highest BCUT2D eigenvalue weighted by Crippen LogP contribution is 2.36. The molecule has 0 radical (unpaired) electrons. The lowest BCUT2D eigenvalue weighted by atomic mass is 10.1. The number of carbonyl (C=O) groups is 1. The Balaban J connectivity index is 2.53. The molecule has 0 spiro atoms. The second-order valence-electron chi connectivity index (χ2n) is 5.66. The molecular formula is C19H13BrF3NO4. The lowest BCUT2D eigenvalue weighted by Crippen LogP contribution is -2.21. The van der Waals surface area contributed by atoms with Crippen LogP contribution in [0.4, 0.5) is 13.2 Å². The third-order valence-electron chi connectivity index (χ3n) is 4.01. The highest BCUT2D eigenvalue weighted by molar-refractivity contribution is 9.10. The summed E-state index contributed by atoms with van der Waals surface area (Å²) < 4.78 is 53.3. The van der Waals surface area contributed by atoms with E-state index in [1.54, 1.807) is 6.92 Å². The van der Waals surface area contributed by atoms with E-state index < -0.39 is 34.4 Å². The molecule has 146 valence electrons. The van der Waals surface area contributed by atoms with Crippen LogP contribution in [0.3, 0.4) is 0 Å². The molecule has 0 fully saturated rings. The number of nitrogens with zero attached hydrogens (tertiary/aromatic N) is 1. The summed E-state index contributed by atoms with van der Waals surface area (Å²) in [4.78, 5) is 25.0. The first kappa shape index (κ1) is 19.9. The summed E-state index contributed by atoms with van der Waals surface area (Å²) in [6, 6.07) is 3.69. The summed E-state index contributed by atoms with van der Waals surface area (Å²) in [5.41, 5.74) is -1.41. The minimum Gasteiger partial charge on any atom is -0.493 e. The SMILES string of the molecule is CCOC(=O)c1cn(-c2ccc(F)cc2F)c2c(OC)c(Br)c(F)cc2c1=O. The first-order chi connectivity index (χ1) is 13.3. The Bertz CT molecular complexity index is 1160. The van der Waals surface area contributed by atoms with Gasteiger partial charge in [0, 0.05) is 12.3 Å². The molecule has 0 saturated heterocycles. The van der Waals surface area contributed by atoms with Crippen molar-refractivity contribution in [3.8, 4) is 11.4 Å². The number of aromatic nitrogens is 1. The predicted molar refractivity (Wildman–Crippen MR) is 99.6 cm³/mol. The molecule has 0 unspecified atom stereocenters. The van der Waals surface area contributed by atoms with Gasteiger partial charge >= 0.3 is 5.97 Å². The topological polar surface area (TPSA) is 57.5 Å². The van der Waals surface area contributed by atoms with Crippen molar-refractivity contribution in [2.45, 2.75) is 6.92 Å². The van der Waals surface area contributed by atoms with Crippen molar-refractivity contribution in [1.29, 1.82) is 0 Å². The quantitative estimate of drug-likeness (QED) is 0.548. The zero-order chi connectivity index (χ0) is 20.6. The summed E-state index contributed by atoms with van der Waals surface area (Å²) in [5.74, 6) is -3.62. The smallest absolute Gasteiger partial charge is 0.343 e. The highest BCUT2D eigenvalue weighted by atomic mass is 79.9. The second kappa shape index (κ2) is 7.67. The molecule has 0 bridgehead atoms. The van der Waals surface area contributed by atoms with E-state index in [1.807, 2.05) is 0 Å². The van der Waals surface area contributed by atoms with Crippen molar-refractivity contribution < 1.29 is 27.4 Å². The van der Waals surface area contributed by atoms with Crippen LogP contribution >= 0.6 is 15.9 Å². The number of ether oxygens (including phenoxy) is 2. The zero-order valence-electron chi connectivity index (χ0n) is 14.7. The monoisotopic (exact) mass is 455 g/mol. The molecule has 9 heteroatoms. The molecule has 0 amide bonds. The largest absolute Gasteiger partial charge is 0.493 e. The summed E-state index contributed by atoms with van der Waals surface area (Å²) in [6.45, 7) is 1.55. The van der Waals surface area contributed by atoms with Crippen LogP contribution in [0, 0.1) is 17.5 Å². The maximum atomic E-state index is 14.5. The van der Waals surface area contributed by atoms with Crippen LogP contribution in [0.2, 0.25) is 0 Å². The third-order valence-corrected chi connectivity index (χ3v) is 4.75. The summed E-state index contributed by atoms with van der Waals surface area (Å²) >= 11 is 3.03. The van der Waals surface area contributed by atoms with Crippen molar-refractivity contribution in [3.05, 3.63) is 68.2 Å². The summed E-state index contributed by atoms with van der Waals surface area (Å²) in [6.07, 6.45) is 1.06. The van der Waals surface area contributed by atoms with E-state index in [9.17, 15) is 22.8 Å². The molecular weight excluding hydrogens is 443 g/mol. The Morgan fingerprint density at radius 1 is 1.18 bits per heavy atom. The average molecular weight is 456 g/mol. The minimum atomic E-state index is -0.956. The molecule has 0 aliphatic rings. The van der Waals surface area contributed by atoms with Crippen LogP contribution in [0.15, 0.2) is 39.7 Å². The van der Waals surface area contributed by atoms with Crippen molar-refractivity contribution in [2.75, 3.05) is 13.7 Å². The van der Waals surface area contributed by atoms with Gasteiger partial charge in [0.25, 0.3) is 0 Å². The van der Waals surface area contributed by atoms with Gasteiger partial charge in [-0.05, 0) is 41.1 Å². The lowest BCUT2D eigenvalue weighted by molar-refractivity contribution is 0.0524. The Hall–Kier alpha value is -2.81. The number of hydrogen-bond acceptors (Lipinski definition) is 4. The number of fused-ring (bicyclic) bond motifs is 1. The Kier molecular flexibility index (Phi) is 5.46. The number of hydrogen-bond donors (Lipinski definition) is 0. The predicted octanol–water partition coefficient (Wildman–Crippen LogP) is 4.36. The number of methoxy groups -OCH3 is 1. The minimum absolute atomic E-state index is 0.000619. The van der Waals surface area contributed by atoms with Crippen molar-refractivity contribution in [3.63, 3.8) is 0 Å². The van der Waals surface area contributed by atoms with Crippen molar-refractivity contribution in [1.82, 2.24) is 4.57 Å². The van der Waals surface area contributed by atoms with E-state index in [4.69, 9.17) is 9.47 Å². The van der Waals surface area contributed by atoms with E-state index in [-0.39, 0.29) is 33.4 Å². The fourth-order valence-corrected chi connectivity index (χ4v) is 3.27. The molecule has 1 aromatic heterocycles. The van der Waals surface area contributed by atoms with Crippen molar-refractivity contribution >= 4 is 32.8 Å². The zero-order valence-corrected chi connectivity index (χ0v) is 16.3.